The second-order valence-corrected chi connectivity index (χ2v) is 10.9. The molecule has 0 spiro atoms. The van der Waals surface area contributed by atoms with Crippen LogP contribution in [0.15, 0.2) is 66.5 Å². The van der Waals surface area contributed by atoms with E-state index in [4.69, 9.17) is 4.74 Å². The number of hydrogen-bond acceptors (Lipinski definition) is 8. The van der Waals surface area contributed by atoms with E-state index in [-0.39, 0.29) is 12.2 Å². The van der Waals surface area contributed by atoms with Crippen LogP contribution >= 0.6 is 0 Å². The van der Waals surface area contributed by atoms with Crippen molar-refractivity contribution in [3.63, 3.8) is 0 Å². The zero-order chi connectivity index (χ0) is 28.4. The quantitative estimate of drug-likeness (QED) is 0.409. The lowest BCUT2D eigenvalue weighted by atomic mass is 10.1. The molecule has 10 nitrogen and oxygen atoms in total. The van der Waals surface area contributed by atoms with E-state index in [0.717, 1.165) is 68.5 Å². The molecule has 0 bridgehead atoms. The topological polar surface area (TPSA) is 88.2 Å². The van der Waals surface area contributed by atoms with Gasteiger partial charge in [0.05, 0.1) is 6.17 Å². The first kappa shape index (κ1) is 28.9. The molecule has 1 atom stereocenters. The fourth-order valence-electron chi connectivity index (χ4n) is 5.33. The van der Waals surface area contributed by atoms with Crippen LogP contribution in [0.4, 0.5) is 16.3 Å². The van der Waals surface area contributed by atoms with E-state index in [1.54, 1.807) is 6.20 Å². The maximum atomic E-state index is 12.9. The number of likely N-dealkylation sites (N-methyl/N-ethyl adjacent to an activating group) is 1. The molecule has 1 unspecified atom stereocenters. The normalized spacial score (nSPS) is 20.0. The van der Waals surface area contributed by atoms with Crippen molar-refractivity contribution in [2.75, 3.05) is 89.3 Å². The monoisotopic (exact) mass is 560 g/mol. The van der Waals surface area contributed by atoms with E-state index >= 15 is 0 Å². The van der Waals surface area contributed by atoms with Crippen LogP contribution < -0.4 is 25.6 Å². The number of carbonyl (C=O) groups is 1. The number of nitrogens with zero attached hydrogens (tertiary/aromatic N) is 5. The number of carbonyl (C=O) groups excluding carboxylic acids is 1. The number of nitrogens with one attached hydrogen (secondary N) is 3. The number of anilines is 2. The van der Waals surface area contributed by atoms with Crippen molar-refractivity contribution in [3.8, 4) is 5.75 Å². The van der Waals surface area contributed by atoms with Crippen LogP contribution in [0, 0.1) is 0 Å². The lowest BCUT2D eigenvalue weighted by Gasteiger charge is -2.36. The van der Waals surface area contributed by atoms with Crippen molar-refractivity contribution in [2.24, 2.45) is 0 Å². The molecule has 220 valence electrons. The third-order valence-corrected chi connectivity index (χ3v) is 7.94. The van der Waals surface area contributed by atoms with Crippen LogP contribution in [-0.4, -0.2) is 111 Å². The molecule has 1 aromatic carbocycles. The molecule has 3 N–H and O–H groups in total. The Balaban J connectivity index is 1.09. The van der Waals surface area contributed by atoms with Gasteiger partial charge in [0, 0.05) is 77.3 Å². The fourth-order valence-corrected chi connectivity index (χ4v) is 5.33. The van der Waals surface area contributed by atoms with Gasteiger partial charge in [0.15, 0.2) is 11.6 Å². The van der Waals surface area contributed by atoms with Crippen molar-refractivity contribution >= 4 is 17.5 Å². The number of urea groups is 1. The highest BCUT2D eigenvalue weighted by Crippen LogP contribution is 2.27. The van der Waals surface area contributed by atoms with Crippen molar-refractivity contribution < 1.29 is 9.53 Å². The molecule has 0 aliphatic carbocycles. The molecule has 2 saturated heterocycles. The van der Waals surface area contributed by atoms with Crippen molar-refractivity contribution in [1.29, 1.82) is 0 Å². The number of dihydropyridines is 1. The SMILES string of the molecule is CCc1cccc(NC(=O)N2CCN(c3ncccc3OCC3=CC(NCCN4CCN(C)CC4)NC=C3)CC2)c1. The number of rotatable bonds is 10. The molecule has 41 heavy (non-hydrogen) atoms. The summed E-state index contributed by atoms with van der Waals surface area (Å²) in [5, 5.41) is 10.0. The average Bonchev–Trinajstić information content (AvgIpc) is 3.01. The van der Waals surface area contributed by atoms with Crippen molar-refractivity contribution in [1.82, 2.24) is 30.3 Å². The maximum Gasteiger partial charge on any atom is 0.321 e. The molecule has 4 heterocycles. The maximum absolute atomic E-state index is 12.9. The number of hydrogen-bond donors (Lipinski definition) is 3. The van der Waals surface area contributed by atoms with E-state index in [1.807, 2.05) is 41.4 Å². The van der Waals surface area contributed by atoms with Gasteiger partial charge in [-0.1, -0.05) is 19.1 Å². The molecule has 0 radical (unpaired) electrons. The van der Waals surface area contributed by atoms with Gasteiger partial charge in [-0.15, -0.1) is 0 Å². The first-order valence-corrected chi connectivity index (χ1v) is 14.8. The number of ether oxygens (including phenoxy) is 1. The summed E-state index contributed by atoms with van der Waals surface area (Å²) in [6.45, 7) is 11.7. The molecule has 2 aromatic rings. The van der Waals surface area contributed by atoms with Crippen LogP contribution in [0.2, 0.25) is 0 Å². The number of amides is 2. The standard InChI is InChI=1S/C31H44N8O2/c1-3-25-6-4-7-27(22-25)35-31(40)39-20-18-38(19-21-39)30-28(8-5-10-34-30)41-24-26-9-11-32-29(23-26)33-12-13-37-16-14-36(2)15-17-37/h4-11,22-23,29,32-33H,3,12-21,24H2,1-2H3,(H,35,40). The molecule has 1 aromatic heterocycles. The molecule has 10 heteroatoms. The molecule has 5 rings (SSSR count). The second kappa shape index (κ2) is 14.3. The zero-order valence-electron chi connectivity index (χ0n) is 24.4. The Morgan fingerprint density at radius 1 is 1.07 bits per heavy atom. The lowest BCUT2D eigenvalue weighted by Crippen LogP contribution is -2.50. The summed E-state index contributed by atoms with van der Waals surface area (Å²) in [5.41, 5.74) is 3.16. The predicted octanol–water partition coefficient (Wildman–Crippen LogP) is 2.58. The van der Waals surface area contributed by atoms with Gasteiger partial charge in [0.25, 0.3) is 0 Å². The molecule has 2 amide bonds. The first-order valence-electron chi connectivity index (χ1n) is 14.8. The minimum Gasteiger partial charge on any atom is -0.485 e. The van der Waals surface area contributed by atoms with Crippen molar-refractivity contribution in [3.05, 3.63) is 72.1 Å². The van der Waals surface area contributed by atoms with Gasteiger partial charge in [-0.3, -0.25) is 10.2 Å². The summed E-state index contributed by atoms with van der Waals surface area (Å²) in [4.78, 5) is 26.5. The summed E-state index contributed by atoms with van der Waals surface area (Å²) in [6.07, 6.45) is 9.06. The highest BCUT2D eigenvalue weighted by Gasteiger charge is 2.24. The second-order valence-electron chi connectivity index (χ2n) is 10.9. The van der Waals surface area contributed by atoms with Crippen LogP contribution in [0.25, 0.3) is 0 Å². The highest BCUT2D eigenvalue weighted by molar-refractivity contribution is 5.89. The Bertz CT molecular complexity index is 1200. The first-order chi connectivity index (χ1) is 20.1. The summed E-state index contributed by atoms with van der Waals surface area (Å²) in [6, 6.07) is 11.8. The van der Waals surface area contributed by atoms with Crippen molar-refractivity contribution in [2.45, 2.75) is 19.5 Å². The minimum absolute atomic E-state index is 0.0632. The molecule has 3 aliphatic rings. The summed E-state index contributed by atoms with van der Waals surface area (Å²) in [7, 11) is 2.19. The molecule has 2 fully saturated rings. The number of benzene rings is 1. The predicted molar refractivity (Wildman–Crippen MR) is 164 cm³/mol. The third kappa shape index (κ3) is 8.22. The van der Waals surface area contributed by atoms with Gasteiger partial charge in [-0.2, -0.15) is 0 Å². The molecule has 0 saturated carbocycles. The Hall–Kier alpha value is -3.60. The van der Waals surface area contributed by atoms with Crippen LogP contribution in [0.5, 0.6) is 5.75 Å². The van der Waals surface area contributed by atoms with Gasteiger partial charge in [0.1, 0.15) is 6.61 Å². The summed E-state index contributed by atoms with van der Waals surface area (Å²) in [5.74, 6) is 1.58. The van der Waals surface area contributed by atoms with Gasteiger partial charge in [-0.25, -0.2) is 9.78 Å². The Labute approximate surface area is 244 Å². The summed E-state index contributed by atoms with van der Waals surface area (Å²) >= 11 is 0. The third-order valence-electron chi connectivity index (χ3n) is 7.94. The molecule has 3 aliphatic heterocycles. The highest BCUT2D eigenvalue weighted by atomic mass is 16.5. The fraction of sp³-hybridized carbons (Fsp3) is 0.484. The summed E-state index contributed by atoms with van der Waals surface area (Å²) < 4.78 is 6.28. The number of aromatic nitrogens is 1. The largest absolute Gasteiger partial charge is 0.485 e. The Kier molecular flexibility index (Phi) is 10.1. The molecular weight excluding hydrogens is 516 g/mol. The van der Waals surface area contributed by atoms with Crippen LogP contribution in [0.1, 0.15) is 12.5 Å². The smallest absolute Gasteiger partial charge is 0.321 e. The zero-order valence-corrected chi connectivity index (χ0v) is 24.4. The molecular formula is C31H44N8O2. The minimum atomic E-state index is -0.0632. The van der Waals surface area contributed by atoms with Crippen LogP contribution in [-0.2, 0) is 6.42 Å². The van der Waals surface area contributed by atoms with E-state index in [2.05, 4.69) is 67.8 Å². The van der Waals surface area contributed by atoms with Gasteiger partial charge in [-0.05, 0) is 67.2 Å². The Morgan fingerprint density at radius 3 is 2.71 bits per heavy atom. The van der Waals surface area contributed by atoms with Gasteiger partial charge >= 0.3 is 6.03 Å². The number of aryl methyl sites for hydroxylation is 1. The van der Waals surface area contributed by atoms with Gasteiger partial charge < -0.3 is 30.1 Å². The van der Waals surface area contributed by atoms with Gasteiger partial charge in [0.2, 0.25) is 0 Å². The van der Waals surface area contributed by atoms with Crippen LogP contribution in [0.3, 0.4) is 0 Å². The Morgan fingerprint density at radius 2 is 1.90 bits per heavy atom. The lowest BCUT2D eigenvalue weighted by molar-refractivity contribution is 0.154. The average molecular weight is 561 g/mol. The number of pyridine rings is 1. The van der Waals surface area contributed by atoms with E-state index in [9.17, 15) is 4.79 Å². The van der Waals surface area contributed by atoms with E-state index < -0.39 is 0 Å². The number of piperazine rings is 2. The van der Waals surface area contributed by atoms with E-state index in [1.165, 1.54) is 5.56 Å². The van der Waals surface area contributed by atoms with E-state index in [0.29, 0.717) is 32.8 Å².